The third-order valence-corrected chi connectivity index (χ3v) is 4.94. The molecule has 0 aromatic carbocycles. The van der Waals surface area contributed by atoms with E-state index >= 15 is 0 Å². The first-order valence-electron chi connectivity index (χ1n) is 9.05. The molecule has 0 aromatic rings. The molecule has 4 heteroatoms. The first kappa shape index (κ1) is 17.3. The van der Waals surface area contributed by atoms with Crippen LogP contribution in [0.5, 0.6) is 0 Å². The summed E-state index contributed by atoms with van der Waals surface area (Å²) >= 11 is 0. The van der Waals surface area contributed by atoms with Gasteiger partial charge >= 0.3 is 11.9 Å². The third kappa shape index (κ3) is 6.80. The highest BCUT2D eigenvalue weighted by atomic mass is 16.5. The molecule has 0 heterocycles. The number of ether oxygens (including phenoxy) is 2. The third-order valence-electron chi connectivity index (χ3n) is 4.94. The largest absolute Gasteiger partial charge is 0.465 e. The van der Waals surface area contributed by atoms with Gasteiger partial charge in [-0.1, -0.05) is 38.5 Å². The highest BCUT2D eigenvalue weighted by molar-refractivity contribution is 5.77. The number of carbonyl (C=O) groups excluding carboxylic acids is 2. The van der Waals surface area contributed by atoms with Gasteiger partial charge in [0.1, 0.15) is 0 Å². The topological polar surface area (TPSA) is 52.6 Å². The summed E-state index contributed by atoms with van der Waals surface area (Å²) in [6.07, 6.45) is 12.5. The highest BCUT2D eigenvalue weighted by Gasteiger charge is 2.18. The van der Waals surface area contributed by atoms with Crippen molar-refractivity contribution in [2.45, 2.75) is 77.0 Å². The quantitative estimate of drug-likeness (QED) is 0.667. The Balaban J connectivity index is 1.50. The number of hydrogen-bond donors (Lipinski definition) is 0. The predicted octanol–water partition coefficient (Wildman–Crippen LogP) is 4.01. The molecule has 2 fully saturated rings. The molecule has 2 rings (SSSR count). The van der Waals surface area contributed by atoms with Crippen LogP contribution < -0.4 is 0 Å². The van der Waals surface area contributed by atoms with Crippen LogP contribution in [0, 0.1) is 11.8 Å². The van der Waals surface area contributed by atoms with Crippen molar-refractivity contribution in [1.29, 1.82) is 0 Å². The van der Waals surface area contributed by atoms with Crippen molar-refractivity contribution < 1.29 is 19.1 Å². The second-order valence-corrected chi connectivity index (χ2v) is 6.87. The Bertz CT molecular complexity index is 307. The average molecular weight is 310 g/mol. The molecule has 0 atom stereocenters. The van der Waals surface area contributed by atoms with E-state index in [4.69, 9.17) is 9.47 Å². The van der Waals surface area contributed by atoms with Crippen LogP contribution in [0.1, 0.15) is 77.0 Å². The standard InChI is InChI=1S/C18H30O4/c19-17(21-13-15-7-3-1-4-8-15)11-12-18(20)22-14-16-9-5-2-6-10-16/h15-16H,1-14H2. The lowest BCUT2D eigenvalue weighted by Gasteiger charge is -2.21. The Kier molecular flexibility index (Phi) is 7.75. The maximum absolute atomic E-state index is 11.7. The Morgan fingerprint density at radius 1 is 0.636 bits per heavy atom. The molecule has 0 N–H and O–H groups in total. The van der Waals surface area contributed by atoms with E-state index in [0.717, 1.165) is 25.7 Å². The van der Waals surface area contributed by atoms with Crippen LogP contribution in [-0.4, -0.2) is 25.2 Å². The fourth-order valence-corrected chi connectivity index (χ4v) is 3.48. The summed E-state index contributed by atoms with van der Waals surface area (Å²) in [4.78, 5) is 23.3. The van der Waals surface area contributed by atoms with Crippen LogP contribution in [-0.2, 0) is 19.1 Å². The van der Waals surface area contributed by atoms with Gasteiger partial charge in [0, 0.05) is 0 Å². The molecular formula is C18H30O4. The minimum absolute atomic E-state index is 0.149. The highest BCUT2D eigenvalue weighted by Crippen LogP contribution is 2.24. The molecule has 2 aliphatic rings. The summed E-state index contributed by atoms with van der Waals surface area (Å²) in [5, 5.41) is 0. The summed E-state index contributed by atoms with van der Waals surface area (Å²) < 4.78 is 10.6. The van der Waals surface area contributed by atoms with E-state index in [-0.39, 0.29) is 24.8 Å². The molecular weight excluding hydrogens is 280 g/mol. The summed E-state index contributed by atoms with van der Waals surface area (Å²) in [6, 6.07) is 0. The average Bonchev–Trinajstić information content (AvgIpc) is 2.58. The van der Waals surface area contributed by atoms with Gasteiger partial charge in [-0.2, -0.15) is 0 Å². The predicted molar refractivity (Wildman–Crippen MR) is 84.3 cm³/mol. The fraction of sp³-hybridized carbons (Fsp3) is 0.889. The van der Waals surface area contributed by atoms with Gasteiger partial charge in [-0.15, -0.1) is 0 Å². The molecule has 22 heavy (non-hydrogen) atoms. The van der Waals surface area contributed by atoms with Crippen molar-refractivity contribution in [3.05, 3.63) is 0 Å². The zero-order valence-electron chi connectivity index (χ0n) is 13.7. The van der Waals surface area contributed by atoms with Gasteiger partial charge in [0.15, 0.2) is 0 Å². The number of carbonyl (C=O) groups is 2. The number of esters is 2. The molecule has 0 radical (unpaired) electrons. The van der Waals surface area contributed by atoms with Gasteiger partial charge in [0.25, 0.3) is 0 Å². The van der Waals surface area contributed by atoms with Gasteiger partial charge in [-0.3, -0.25) is 9.59 Å². The van der Waals surface area contributed by atoms with Crippen LogP contribution in [0.3, 0.4) is 0 Å². The Morgan fingerprint density at radius 2 is 1.00 bits per heavy atom. The molecule has 0 spiro atoms. The molecule has 0 unspecified atom stereocenters. The Labute approximate surface area is 133 Å². The molecule has 2 aliphatic carbocycles. The zero-order chi connectivity index (χ0) is 15.6. The molecule has 126 valence electrons. The Morgan fingerprint density at radius 3 is 1.36 bits per heavy atom. The van der Waals surface area contributed by atoms with Crippen LogP contribution in [0.15, 0.2) is 0 Å². The summed E-state index contributed by atoms with van der Waals surface area (Å²) in [6.45, 7) is 1.05. The van der Waals surface area contributed by atoms with Gasteiger partial charge in [0.2, 0.25) is 0 Å². The molecule has 0 bridgehead atoms. The van der Waals surface area contributed by atoms with Gasteiger partial charge in [-0.25, -0.2) is 0 Å². The van der Waals surface area contributed by atoms with Crippen LogP contribution in [0.2, 0.25) is 0 Å². The smallest absolute Gasteiger partial charge is 0.306 e. The van der Waals surface area contributed by atoms with E-state index in [2.05, 4.69) is 0 Å². The number of hydrogen-bond acceptors (Lipinski definition) is 4. The first-order chi connectivity index (χ1) is 10.7. The minimum atomic E-state index is -0.264. The summed E-state index contributed by atoms with van der Waals surface area (Å²) in [5.41, 5.74) is 0. The van der Waals surface area contributed by atoms with Crippen LogP contribution in [0.25, 0.3) is 0 Å². The molecule has 4 nitrogen and oxygen atoms in total. The normalized spacial score (nSPS) is 20.5. The minimum Gasteiger partial charge on any atom is -0.465 e. The lowest BCUT2D eigenvalue weighted by molar-refractivity contribution is -0.152. The van der Waals surface area contributed by atoms with Crippen LogP contribution >= 0.6 is 0 Å². The van der Waals surface area contributed by atoms with Crippen molar-refractivity contribution in [1.82, 2.24) is 0 Å². The lowest BCUT2D eigenvalue weighted by atomic mass is 9.90. The van der Waals surface area contributed by atoms with Crippen molar-refractivity contribution in [3.8, 4) is 0 Å². The van der Waals surface area contributed by atoms with E-state index in [1.807, 2.05) is 0 Å². The van der Waals surface area contributed by atoms with Gasteiger partial charge in [0.05, 0.1) is 26.1 Å². The van der Waals surface area contributed by atoms with E-state index < -0.39 is 0 Å². The Hall–Kier alpha value is -1.06. The first-order valence-corrected chi connectivity index (χ1v) is 9.05. The summed E-state index contributed by atoms with van der Waals surface area (Å²) in [7, 11) is 0. The molecule has 0 aliphatic heterocycles. The fourth-order valence-electron chi connectivity index (χ4n) is 3.48. The SMILES string of the molecule is O=C(CCC(=O)OCC1CCCCC1)OCC1CCCCC1. The molecule has 0 saturated heterocycles. The second-order valence-electron chi connectivity index (χ2n) is 6.87. The van der Waals surface area contributed by atoms with Crippen LogP contribution in [0.4, 0.5) is 0 Å². The molecule has 0 aromatic heterocycles. The van der Waals surface area contributed by atoms with Crippen molar-refractivity contribution in [2.24, 2.45) is 11.8 Å². The monoisotopic (exact) mass is 310 g/mol. The maximum Gasteiger partial charge on any atom is 0.306 e. The lowest BCUT2D eigenvalue weighted by Crippen LogP contribution is -2.19. The molecule has 0 amide bonds. The van der Waals surface area contributed by atoms with Crippen molar-refractivity contribution in [2.75, 3.05) is 13.2 Å². The van der Waals surface area contributed by atoms with E-state index in [1.165, 1.54) is 38.5 Å². The van der Waals surface area contributed by atoms with E-state index in [9.17, 15) is 9.59 Å². The van der Waals surface area contributed by atoms with E-state index in [1.54, 1.807) is 0 Å². The van der Waals surface area contributed by atoms with Crippen molar-refractivity contribution >= 4 is 11.9 Å². The van der Waals surface area contributed by atoms with Gasteiger partial charge in [-0.05, 0) is 37.5 Å². The zero-order valence-corrected chi connectivity index (χ0v) is 13.7. The maximum atomic E-state index is 11.7. The summed E-state index contributed by atoms with van der Waals surface area (Å²) in [5.74, 6) is 0.521. The number of rotatable bonds is 7. The van der Waals surface area contributed by atoms with E-state index in [0.29, 0.717) is 25.0 Å². The van der Waals surface area contributed by atoms with Gasteiger partial charge < -0.3 is 9.47 Å². The molecule has 2 saturated carbocycles. The van der Waals surface area contributed by atoms with Crippen molar-refractivity contribution in [3.63, 3.8) is 0 Å². The second kappa shape index (κ2) is 9.86.